The molecule has 0 heterocycles. The van der Waals surface area contributed by atoms with Crippen LogP contribution in [0.5, 0.6) is 0 Å². The second-order valence-corrected chi connectivity index (χ2v) is 11.6. The topological polar surface area (TPSA) is 114 Å². The Balaban J connectivity index is 3.31. The van der Waals surface area contributed by atoms with E-state index in [1.165, 1.54) is 0 Å². The third kappa shape index (κ3) is 8.32. The zero-order chi connectivity index (χ0) is 28.7. The molecule has 0 aromatic heterocycles. The van der Waals surface area contributed by atoms with E-state index in [2.05, 4.69) is 10.6 Å². The Bertz CT molecular complexity index is 978. The molecule has 1 rings (SSSR count). The number of nitrogens with zero attached hydrogens (tertiary/aromatic N) is 1. The first kappa shape index (κ1) is 32.2. The molecular formula is C29H48N4O4. The first-order valence-electron chi connectivity index (χ1n) is 12.9. The fourth-order valence-corrected chi connectivity index (χ4v) is 4.47. The average Bonchev–Trinajstić information content (AvgIpc) is 2.79. The lowest BCUT2D eigenvalue weighted by atomic mass is 9.76. The van der Waals surface area contributed by atoms with E-state index >= 15 is 0 Å². The van der Waals surface area contributed by atoms with Crippen LogP contribution in [-0.4, -0.2) is 61.5 Å². The first-order valence-corrected chi connectivity index (χ1v) is 12.9. The summed E-state index contributed by atoms with van der Waals surface area (Å²) < 4.78 is 5.11. The van der Waals surface area contributed by atoms with Crippen LogP contribution in [0, 0.1) is 11.3 Å². The van der Waals surface area contributed by atoms with Crippen molar-refractivity contribution in [2.75, 3.05) is 26.4 Å². The largest absolute Gasteiger partial charge is 0.463 e. The maximum atomic E-state index is 13.9. The van der Waals surface area contributed by atoms with Gasteiger partial charge in [0.15, 0.2) is 0 Å². The molecule has 37 heavy (non-hydrogen) atoms. The van der Waals surface area contributed by atoms with Gasteiger partial charge in [0.2, 0.25) is 11.8 Å². The number of amides is 2. The van der Waals surface area contributed by atoms with Crippen LogP contribution in [0.15, 0.2) is 35.9 Å². The standard InChI is InChI=1S/C29H48N4O4/c1-12-37-27(36)19(4)16-22(18(2)3)33(11)26(35)24(28(5,6)7)32-25(34)23(31-10)29(8,9)20-14-13-15-21(30)17-20/h13-18,22-24,31H,12,30H2,1-11H3,(H,32,34)/b19-16+/t22-,23-,24+/m1/s1. The SMILES string of the molecule is CCOC(=O)/C(C)=C/[C@H](C(C)C)N(C)C(=O)[C@H](NC(=O)[C@@H](NC)C(C)(C)c1cccc(N)c1)C(C)(C)C. The Labute approximate surface area is 223 Å². The molecule has 8 nitrogen and oxygen atoms in total. The number of esters is 1. The second-order valence-electron chi connectivity index (χ2n) is 11.6. The van der Waals surface area contributed by atoms with E-state index in [-0.39, 0.29) is 30.4 Å². The van der Waals surface area contributed by atoms with Gasteiger partial charge < -0.3 is 26.0 Å². The van der Waals surface area contributed by atoms with Gasteiger partial charge in [0.05, 0.1) is 18.7 Å². The van der Waals surface area contributed by atoms with Crippen molar-refractivity contribution in [2.24, 2.45) is 11.3 Å². The number of nitrogen functional groups attached to an aromatic ring is 1. The predicted octanol–water partition coefficient (Wildman–Crippen LogP) is 3.66. The molecule has 4 N–H and O–H groups in total. The third-order valence-electron chi connectivity index (χ3n) is 6.80. The van der Waals surface area contributed by atoms with Crippen molar-refractivity contribution in [3.63, 3.8) is 0 Å². The number of hydrogen-bond donors (Lipinski definition) is 3. The highest BCUT2D eigenvalue weighted by Crippen LogP contribution is 2.30. The minimum Gasteiger partial charge on any atom is -0.463 e. The van der Waals surface area contributed by atoms with E-state index in [4.69, 9.17) is 10.5 Å². The van der Waals surface area contributed by atoms with Crippen LogP contribution in [0.4, 0.5) is 5.69 Å². The van der Waals surface area contributed by atoms with E-state index in [0.717, 1.165) is 5.56 Å². The van der Waals surface area contributed by atoms with Gasteiger partial charge in [0.25, 0.3) is 0 Å². The summed E-state index contributed by atoms with van der Waals surface area (Å²) in [6.45, 7) is 17.4. The van der Waals surface area contributed by atoms with Gasteiger partial charge in [0, 0.05) is 23.7 Å². The molecule has 0 bridgehead atoms. The van der Waals surface area contributed by atoms with Gasteiger partial charge in [-0.1, -0.05) is 66.7 Å². The molecule has 0 aliphatic heterocycles. The van der Waals surface area contributed by atoms with Crippen molar-refractivity contribution in [3.8, 4) is 0 Å². The average molecular weight is 517 g/mol. The molecule has 0 aliphatic carbocycles. The summed E-state index contributed by atoms with van der Waals surface area (Å²) in [5.41, 5.74) is 6.80. The monoisotopic (exact) mass is 516 g/mol. The molecule has 8 heteroatoms. The van der Waals surface area contributed by atoms with Gasteiger partial charge >= 0.3 is 5.97 Å². The highest BCUT2D eigenvalue weighted by Gasteiger charge is 2.41. The Morgan fingerprint density at radius 2 is 1.70 bits per heavy atom. The maximum absolute atomic E-state index is 13.9. The summed E-state index contributed by atoms with van der Waals surface area (Å²) in [7, 11) is 3.44. The van der Waals surface area contributed by atoms with Gasteiger partial charge in [0.1, 0.15) is 6.04 Å². The highest BCUT2D eigenvalue weighted by atomic mass is 16.5. The van der Waals surface area contributed by atoms with Crippen molar-refractivity contribution in [2.45, 2.75) is 85.9 Å². The van der Waals surface area contributed by atoms with Gasteiger partial charge in [-0.15, -0.1) is 0 Å². The molecule has 0 radical (unpaired) electrons. The number of carbonyl (C=O) groups excluding carboxylic acids is 3. The van der Waals surface area contributed by atoms with E-state index in [1.807, 2.05) is 66.7 Å². The van der Waals surface area contributed by atoms with Crippen LogP contribution >= 0.6 is 0 Å². The lowest BCUT2D eigenvalue weighted by molar-refractivity contribution is -0.141. The number of likely N-dealkylation sites (N-methyl/N-ethyl adjacent to an activating group) is 2. The second kappa shape index (κ2) is 13.1. The van der Waals surface area contributed by atoms with Gasteiger partial charge in [-0.25, -0.2) is 4.79 Å². The molecule has 0 fully saturated rings. The smallest absolute Gasteiger partial charge is 0.333 e. The minimum absolute atomic E-state index is 0.0298. The van der Waals surface area contributed by atoms with Crippen LogP contribution in [0.3, 0.4) is 0 Å². The van der Waals surface area contributed by atoms with Crippen LogP contribution in [0.25, 0.3) is 0 Å². The van der Waals surface area contributed by atoms with Crippen molar-refractivity contribution < 1.29 is 19.1 Å². The molecule has 2 amide bonds. The fourth-order valence-electron chi connectivity index (χ4n) is 4.47. The summed E-state index contributed by atoms with van der Waals surface area (Å²) in [4.78, 5) is 41.3. The van der Waals surface area contributed by atoms with Crippen molar-refractivity contribution in [1.29, 1.82) is 0 Å². The van der Waals surface area contributed by atoms with Crippen molar-refractivity contribution >= 4 is 23.5 Å². The number of anilines is 1. The first-order chi connectivity index (χ1) is 17.0. The number of benzene rings is 1. The number of nitrogens with one attached hydrogen (secondary N) is 2. The normalized spacial score (nSPS) is 15.1. The Hall–Kier alpha value is -2.87. The van der Waals surface area contributed by atoms with E-state index in [1.54, 1.807) is 45.0 Å². The van der Waals surface area contributed by atoms with Crippen LogP contribution < -0.4 is 16.4 Å². The fraction of sp³-hybridized carbons (Fsp3) is 0.621. The predicted molar refractivity (Wildman–Crippen MR) is 150 cm³/mol. The molecule has 1 aromatic rings. The van der Waals surface area contributed by atoms with E-state index < -0.39 is 28.9 Å². The minimum atomic E-state index is -0.796. The van der Waals surface area contributed by atoms with Crippen molar-refractivity contribution in [3.05, 3.63) is 41.5 Å². The molecule has 0 saturated carbocycles. The number of hydrogen-bond acceptors (Lipinski definition) is 6. The molecule has 0 aliphatic rings. The molecule has 208 valence electrons. The lowest BCUT2D eigenvalue weighted by Crippen LogP contribution is -2.61. The zero-order valence-electron chi connectivity index (χ0n) is 24.6. The quantitative estimate of drug-likeness (QED) is 0.235. The van der Waals surface area contributed by atoms with Gasteiger partial charge in [-0.2, -0.15) is 0 Å². The Kier molecular flexibility index (Phi) is 11.4. The van der Waals surface area contributed by atoms with Gasteiger partial charge in [-0.3, -0.25) is 9.59 Å². The van der Waals surface area contributed by atoms with Crippen LogP contribution in [0.2, 0.25) is 0 Å². The summed E-state index contributed by atoms with van der Waals surface area (Å²) in [6, 6.07) is 5.71. The van der Waals surface area contributed by atoms with Gasteiger partial charge in [-0.05, 0) is 49.9 Å². The molecule has 0 saturated heterocycles. The number of rotatable bonds is 11. The summed E-state index contributed by atoms with van der Waals surface area (Å²) >= 11 is 0. The highest BCUT2D eigenvalue weighted by molar-refractivity contribution is 5.92. The molecule has 3 atom stereocenters. The Morgan fingerprint density at radius 3 is 2.16 bits per heavy atom. The summed E-state index contributed by atoms with van der Waals surface area (Å²) in [5, 5.41) is 6.17. The number of nitrogens with two attached hydrogens (primary N) is 1. The molecule has 0 spiro atoms. The summed E-state index contributed by atoms with van der Waals surface area (Å²) in [5.74, 6) is -0.891. The van der Waals surface area contributed by atoms with Crippen LogP contribution in [0.1, 0.15) is 67.9 Å². The van der Waals surface area contributed by atoms with Crippen molar-refractivity contribution in [1.82, 2.24) is 15.5 Å². The number of ether oxygens (including phenoxy) is 1. The maximum Gasteiger partial charge on any atom is 0.333 e. The third-order valence-corrected chi connectivity index (χ3v) is 6.80. The number of carbonyl (C=O) groups is 3. The Morgan fingerprint density at radius 1 is 1.11 bits per heavy atom. The molecule has 0 unspecified atom stereocenters. The molecular weight excluding hydrogens is 468 g/mol. The summed E-state index contributed by atoms with van der Waals surface area (Å²) in [6.07, 6.45) is 1.77. The molecule has 1 aromatic carbocycles. The zero-order valence-corrected chi connectivity index (χ0v) is 24.6. The van der Waals surface area contributed by atoms with E-state index in [0.29, 0.717) is 11.3 Å². The van der Waals surface area contributed by atoms with Crippen LogP contribution in [-0.2, 0) is 24.5 Å². The van der Waals surface area contributed by atoms with E-state index in [9.17, 15) is 14.4 Å². The lowest BCUT2D eigenvalue weighted by Gasteiger charge is -2.40.